The topological polar surface area (TPSA) is 29.1 Å². The maximum atomic E-state index is 12.7. The number of carbonyl (C=O) groups is 1. The molecule has 2 aromatic carbocycles. The molecule has 0 bridgehead atoms. The maximum absolute atomic E-state index is 12.7. The average molecular weight is 321 g/mol. The van der Waals surface area contributed by atoms with Gasteiger partial charge in [0.05, 0.1) is 10.4 Å². The quantitative estimate of drug-likeness (QED) is 0.738. The lowest BCUT2D eigenvalue weighted by Gasteiger charge is -2.32. The van der Waals surface area contributed by atoms with Gasteiger partial charge in [-0.1, -0.05) is 60.7 Å². The molecule has 1 N–H and O–H groups in total. The summed E-state index contributed by atoms with van der Waals surface area (Å²) in [5.74, 6) is -0.0432. The molecule has 0 fully saturated rings. The lowest BCUT2D eigenvalue weighted by atomic mass is 9.84. The first-order valence-electron chi connectivity index (χ1n) is 7.59. The summed E-state index contributed by atoms with van der Waals surface area (Å²) in [4.78, 5) is 14.6. The van der Waals surface area contributed by atoms with Crippen molar-refractivity contribution in [1.82, 2.24) is 5.32 Å². The second-order valence-corrected chi connectivity index (χ2v) is 7.01. The van der Waals surface area contributed by atoms with E-state index in [4.69, 9.17) is 0 Å². The smallest absolute Gasteiger partial charge is 0.262 e. The highest BCUT2D eigenvalue weighted by atomic mass is 32.1. The molecule has 0 radical (unpaired) electrons. The van der Waals surface area contributed by atoms with Crippen LogP contribution in [0.4, 0.5) is 0 Å². The van der Waals surface area contributed by atoms with Crippen LogP contribution in [-0.4, -0.2) is 5.91 Å². The van der Waals surface area contributed by atoms with Crippen LogP contribution in [0.25, 0.3) is 0 Å². The Bertz CT molecular complexity index is 753. The monoisotopic (exact) mass is 321 g/mol. The van der Waals surface area contributed by atoms with Crippen molar-refractivity contribution in [1.29, 1.82) is 0 Å². The average Bonchev–Trinajstić information content (AvgIpc) is 3.03. The molecule has 1 aromatic heterocycles. The second-order valence-electron chi connectivity index (χ2n) is 5.72. The molecule has 1 amide bonds. The molecule has 3 rings (SSSR count). The zero-order chi connectivity index (χ0) is 16.3. The van der Waals surface area contributed by atoms with Gasteiger partial charge in [-0.05, 0) is 37.1 Å². The molecule has 0 saturated heterocycles. The summed E-state index contributed by atoms with van der Waals surface area (Å²) in [5.41, 5.74) is 1.55. The van der Waals surface area contributed by atoms with Gasteiger partial charge < -0.3 is 5.32 Å². The van der Waals surface area contributed by atoms with Gasteiger partial charge in [0.1, 0.15) is 0 Å². The van der Waals surface area contributed by atoms with Crippen molar-refractivity contribution < 1.29 is 4.79 Å². The number of hydrogen-bond acceptors (Lipinski definition) is 2. The van der Waals surface area contributed by atoms with E-state index in [1.807, 2.05) is 79.7 Å². The van der Waals surface area contributed by atoms with Gasteiger partial charge in [-0.2, -0.15) is 0 Å². The first-order chi connectivity index (χ1) is 11.1. The van der Waals surface area contributed by atoms with Crippen LogP contribution in [0.2, 0.25) is 0 Å². The SMILES string of the molecule is Cc1ccc(C(=O)NC(C)(c2ccccc2)c2ccccc2)s1. The minimum absolute atomic E-state index is 0.0432. The van der Waals surface area contributed by atoms with Crippen molar-refractivity contribution in [3.63, 3.8) is 0 Å². The predicted octanol–water partition coefficient (Wildman–Crippen LogP) is 4.75. The Morgan fingerprint density at radius 2 is 1.39 bits per heavy atom. The molecule has 0 saturated carbocycles. The van der Waals surface area contributed by atoms with E-state index in [9.17, 15) is 4.79 Å². The van der Waals surface area contributed by atoms with E-state index in [1.54, 1.807) is 0 Å². The molecule has 116 valence electrons. The number of rotatable bonds is 4. The molecule has 0 unspecified atom stereocenters. The molecule has 0 spiro atoms. The van der Waals surface area contributed by atoms with Crippen LogP contribution < -0.4 is 5.32 Å². The molecular formula is C20H19NOS. The number of nitrogens with one attached hydrogen (secondary N) is 1. The van der Waals surface area contributed by atoms with Crippen molar-refractivity contribution in [3.8, 4) is 0 Å². The van der Waals surface area contributed by atoms with Gasteiger partial charge in [-0.15, -0.1) is 11.3 Å². The zero-order valence-electron chi connectivity index (χ0n) is 13.2. The first kappa shape index (κ1) is 15.5. The fraction of sp³-hybridized carbons (Fsp3) is 0.150. The predicted molar refractivity (Wildman–Crippen MR) is 95.9 cm³/mol. The van der Waals surface area contributed by atoms with E-state index in [1.165, 1.54) is 11.3 Å². The summed E-state index contributed by atoms with van der Waals surface area (Å²) in [6.07, 6.45) is 0. The fourth-order valence-electron chi connectivity index (χ4n) is 2.70. The van der Waals surface area contributed by atoms with Crippen LogP contribution >= 0.6 is 11.3 Å². The Balaban J connectivity index is 2.01. The molecule has 0 aliphatic rings. The molecule has 3 heteroatoms. The standard InChI is InChI=1S/C20H19NOS/c1-15-13-14-18(23-15)19(22)21-20(2,16-9-5-3-6-10-16)17-11-7-4-8-12-17/h3-14H,1-2H3,(H,21,22). The highest BCUT2D eigenvalue weighted by Crippen LogP contribution is 2.30. The number of hydrogen-bond donors (Lipinski definition) is 1. The number of thiophene rings is 1. The molecule has 3 aromatic rings. The Kier molecular flexibility index (Phi) is 4.30. The van der Waals surface area contributed by atoms with Gasteiger partial charge in [-0.3, -0.25) is 4.79 Å². The van der Waals surface area contributed by atoms with Crippen LogP contribution in [0.3, 0.4) is 0 Å². The number of carbonyl (C=O) groups excluding carboxylic acids is 1. The maximum Gasteiger partial charge on any atom is 0.262 e. The van der Waals surface area contributed by atoms with E-state index in [-0.39, 0.29) is 5.91 Å². The van der Waals surface area contributed by atoms with E-state index in [0.717, 1.165) is 20.9 Å². The van der Waals surface area contributed by atoms with Crippen molar-refractivity contribution in [2.45, 2.75) is 19.4 Å². The lowest BCUT2D eigenvalue weighted by molar-refractivity contribution is 0.0923. The van der Waals surface area contributed by atoms with E-state index in [2.05, 4.69) is 12.2 Å². The highest BCUT2D eigenvalue weighted by Gasteiger charge is 2.31. The molecule has 0 aliphatic heterocycles. The largest absolute Gasteiger partial charge is 0.338 e. The van der Waals surface area contributed by atoms with Crippen LogP contribution in [0, 0.1) is 6.92 Å². The van der Waals surface area contributed by atoms with Gasteiger partial charge in [-0.25, -0.2) is 0 Å². The molecule has 0 atom stereocenters. The minimum Gasteiger partial charge on any atom is -0.338 e. The van der Waals surface area contributed by atoms with Gasteiger partial charge in [0.25, 0.3) is 5.91 Å². The number of benzene rings is 2. The van der Waals surface area contributed by atoms with E-state index in [0.29, 0.717) is 0 Å². The van der Waals surface area contributed by atoms with Crippen LogP contribution in [-0.2, 0) is 5.54 Å². The summed E-state index contributed by atoms with van der Waals surface area (Å²) in [6.45, 7) is 4.06. The Labute approximate surface area is 140 Å². The lowest BCUT2D eigenvalue weighted by Crippen LogP contribution is -2.44. The third-order valence-electron chi connectivity index (χ3n) is 4.03. The van der Waals surface area contributed by atoms with E-state index < -0.39 is 5.54 Å². The highest BCUT2D eigenvalue weighted by molar-refractivity contribution is 7.13. The summed E-state index contributed by atoms with van der Waals surface area (Å²) >= 11 is 1.51. The zero-order valence-corrected chi connectivity index (χ0v) is 14.1. The number of amides is 1. The Morgan fingerprint density at radius 3 is 1.83 bits per heavy atom. The molecular weight excluding hydrogens is 302 g/mol. The third kappa shape index (κ3) is 3.20. The second kappa shape index (κ2) is 6.39. The fourth-order valence-corrected chi connectivity index (χ4v) is 3.46. The molecule has 23 heavy (non-hydrogen) atoms. The van der Waals surface area contributed by atoms with Crippen LogP contribution in [0.15, 0.2) is 72.8 Å². The summed E-state index contributed by atoms with van der Waals surface area (Å²) in [7, 11) is 0. The normalized spacial score (nSPS) is 11.2. The van der Waals surface area contributed by atoms with Gasteiger partial charge in [0.2, 0.25) is 0 Å². The Hall–Kier alpha value is -2.39. The summed E-state index contributed by atoms with van der Waals surface area (Å²) in [5, 5.41) is 3.23. The third-order valence-corrected chi connectivity index (χ3v) is 5.03. The summed E-state index contributed by atoms with van der Waals surface area (Å²) in [6, 6.07) is 24.0. The first-order valence-corrected chi connectivity index (χ1v) is 8.41. The van der Waals surface area contributed by atoms with E-state index >= 15 is 0 Å². The van der Waals surface area contributed by atoms with Crippen LogP contribution in [0.5, 0.6) is 0 Å². The van der Waals surface area contributed by atoms with Gasteiger partial charge in [0.15, 0.2) is 0 Å². The van der Waals surface area contributed by atoms with Gasteiger partial charge >= 0.3 is 0 Å². The van der Waals surface area contributed by atoms with Crippen molar-refractivity contribution in [2.75, 3.05) is 0 Å². The Morgan fingerprint density at radius 1 is 0.870 bits per heavy atom. The van der Waals surface area contributed by atoms with Crippen molar-refractivity contribution in [3.05, 3.63) is 93.7 Å². The molecule has 2 nitrogen and oxygen atoms in total. The molecule has 0 aliphatic carbocycles. The number of aryl methyl sites for hydroxylation is 1. The van der Waals surface area contributed by atoms with Crippen molar-refractivity contribution >= 4 is 17.2 Å². The molecule has 1 heterocycles. The van der Waals surface area contributed by atoms with Crippen LogP contribution in [0.1, 0.15) is 32.6 Å². The summed E-state index contributed by atoms with van der Waals surface area (Å²) < 4.78 is 0. The van der Waals surface area contributed by atoms with Gasteiger partial charge in [0, 0.05) is 4.88 Å². The van der Waals surface area contributed by atoms with Crippen molar-refractivity contribution in [2.24, 2.45) is 0 Å². The minimum atomic E-state index is -0.572.